The van der Waals surface area contributed by atoms with Crippen LogP contribution in [0.5, 0.6) is 0 Å². The first-order valence-electron chi connectivity index (χ1n) is 4.89. The summed E-state index contributed by atoms with van der Waals surface area (Å²) < 4.78 is 14.7. The molecule has 0 aliphatic heterocycles. The van der Waals surface area contributed by atoms with Crippen molar-refractivity contribution in [3.05, 3.63) is 35.9 Å². The minimum Gasteiger partial charge on any atom is -0.352 e. The van der Waals surface area contributed by atoms with Crippen molar-refractivity contribution in [2.75, 3.05) is 13.2 Å². The van der Waals surface area contributed by atoms with Crippen molar-refractivity contribution < 1.29 is 18.8 Å². The van der Waals surface area contributed by atoms with Crippen LogP contribution in [0.3, 0.4) is 0 Å². The second-order valence-corrected chi connectivity index (χ2v) is 3.91. The Morgan fingerprint density at radius 1 is 1.38 bits per heavy atom. The van der Waals surface area contributed by atoms with Crippen LogP contribution in [0.4, 0.5) is 0 Å². The summed E-state index contributed by atoms with van der Waals surface area (Å²) in [7, 11) is -2.85. The number of nitrogens with one attached hydrogen (secondary N) is 1. The lowest BCUT2D eigenvalue weighted by Crippen LogP contribution is -2.24. The van der Waals surface area contributed by atoms with Gasteiger partial charge in [0, 0.05) is 12.1 Å². The molecule has 1 aromatic carbocycles. The van der Waals surface area contributed by atoms with E-state index in [0.717, 1.165) is 0 Å². The van der Waals surface area contributed by atoms with Crippen molar-refractivity contribution in [1.29, 1.82) is 0 Å². The molecule has 0 fully saturated rings. The third kappa shape index (κ3) is 5.07. The molecule has 0 saturated carbocycles. The van der Waals surface area contributed by atoms with Gasteiger partial charge in [-0.25, -0.2) is 0 Å². The number of hydrogen-bond acceptors (Lipinski definition) is 3. The third-order valence-corrected chi connectivity index (χ3v) is 2.32. The standard InChI is InChI=1S/C10H14NO4P/c12-10(9-5-2-1-3-6-9)11-7-4-8-15-16(13)14/h1-3,5-6,16H,4,7-8H2,(H,11,12)(H,13,14). The maximum Gasteiger partial charge on any atom is 0.316 e. The number of hydrogen-bond donors (Lipinski definition) is 2. The molecule has 0 radical (unpaired) electrons. The molecule has 0 aliphatic carbocycles. The molecular weight excluding hydrogens is 229 g/mol. The average Bonchev–Trinajstić information content (AvgIpc) is 2.29. The lowest BCUT2D eigenvalue weighted by Gasteiger charge is -2.04. The van der Waals surface area contributed by atoms with E-state index in [1.165, 1.54) is 0 Å². The number of rotatable bonds is 6. The molecule has 1 unspecified atom stereocenters. The molecule has 88 valence electrons. The van der Waals surface area contributed by atoms with E-state index in [-0.39, 0.29) is 12.5 Å². The third-order valence-electron chi connectivity index (χ3n) is 1.87. The molecule has 0 aliphatic rings. The largest absolute Gasteiger partial charge is 0.352 e. The molecule has 0 spiro atoms. The van der Waals surface area contributed by atoms with E-state index >= 15 is 0 Å². The quantitative estimate of drug-likeness (QED) is 0.581. The molecule has 1 amide bonds. The van der Waals surface area contributed by atoms with Gasteiger partial charge in [0.2, 0.25) is 0 Å². The van der Waals surface area contributed by atoms with Gasteiger partial charge in [-0.05, 0) is 18.6 Å². The fraction of sp³-hybridized carbons (Fsp3) is 0.300. The summed E-state index contributed by atoms with van der Waals surface area (Å²) in [5.74, 6) is -0.155. The smallest absolute Gasteiger partial charge is 0.316 e. The number of amides is 1. The van der Waals surface area contributed by atoms with Crippen LogP contribution >= 0.6 is 8.25 Å². The predicted octanol–water partition coefficient (Wildman–Crippen LogP) is 1.21. The summed E-state index contributed by atoms with van der Waals surface area (Å²) in [6.07, 6.45) is 0.509. The Morgan fingerprint density at radius 3 is 2.69 bits per heavy atom. The minimum absolute atomic E-state index is 0.155. The molecule has 0 aromatic heterocycles. The van der Waals surface area contributed by atoms with Gasteiger partial charge >= 0.3 is 8.25 Å². The highest BCUT2D eigenvalue weighted by atomic mass is 31.1. The van der Waals surface area contributed by atoms with Crippen LogP contribution in [-0.2, 0) is 9.09 Å². The maximum absolute atomic E-state index is 11.5. The Labute approximate surface area is 94.4 Å². The molecule has 0 saturated heterocycles. The highest BCUT2D eigenvalue weighted by Crippen LogP contribution is 2.13. The van der Waals surface area contributed by atoms with Gasteiger partial charge in [0.05, 0.1) is 6.61 Å². The average molecular weight is 243 g/mol. The van der Waals surface area contributed by atoms with Gasteiger partial charge in [0.25, 0.3) is 5.91 Å². The van der Waals surface area contributed by atoms with Crippen molar-refractivity contribution in [3.63, 3.8) is 0 Å². The zero-order valence-electron chi connectivity index (χ0n) is 8.68. The predicted molar refractivity (Wildman–Crippen MR) is 60.6 cm³/mol. The van der Waals surface area contributed by atoms with Gasteiger partial charge in [0.15, 0.2) is 0 Å². The number of benzene rings is 1. The Morgan fingerprint density at radius 2 is 2.06 bits per heavy atom. The van der Waals surface area contributed by atoms with Gasteiger partial charge < -0.3 is 14.7 Å². The highest BCUT2D eigenvalue weighted by Gasteiger charge is 2.02. The van der Waals surface area contributed by atoms with Crippen molar-refractivity contribution >= 4 is 14.2 Å². The molecule has 0 bridgehead atoms. The normalized spacial score (nSPS) is 12.1. The van der Waals surface area contributed by atoms with Crippen LogP contribution in [0.15, 0.2) is 30.3 Å². The lowest BCUT2D eigenvalue weighted by molar-refractivity contribution is 0.0951. The topological polar surface area (TPSA) is 75.6 Å². The summed E-state index contributed by atoms with van der Waals surface area (Å²) in [4.78, 5) is 19.9. The van der Waals surface area contributed by atoms with Gasteiger partial charge in [-0.15, -0.1) is 0 Å². The van der Waals surface area contributed by atoms with E-state index in [1.54, 1.807) is 24.3 Å². The van der Waals surface area contributed by atoms with Crippen LogP contribution in [-0.4, -0.2) is 24.0 Å². The zero-order valence-corrected chi connectivity index (χ0v) is 9.68. The second-order valence-electron chi connectivity index (χ2n) is 3.09. The van der Waals surface area contributed by atoms with Crippen LogP contribution in [0.1, 0.15) is 16.8 Å². The lowest BCUT2D eigenvalue weighted by atomic mass is 10.2. The zero-order chi connectivity index (χ0) is 11.8. The Balaban J connectivity index is 2.19. The summed E-state index contributed by atoms with van der Waals surface area (Å²) in [5, 5.41) is 2.68. The van der Waals surface area contributed by atoms with Gasteiger partial charge in [-0.1, -0.05) is 18.2 Å². The summed E-state index contributed by atoms with van der Waals surface area (Å²) >= 11 is 0. The molecule has 5 nitrogen and oxygen atoms in total. The minimum atomic E-state index is -2.85. The fourth-order valence-electron chi connectivity index (χ4n) is 1.13. The Hall–Kier alpha value is -1.16. The first kappa shape index (κ1) is 12.9. The Kier molecular flexibility index (Phi) is 5.78. The summed E-state index contributed by atoms with van der Waals surface area (Å²) in [6.45, 7) is 0.590. The molecule has 6 heteroatoms. The summed E-state index contributed by atoms with van der Waals surface area (Å²) in [6, 6.07) is 8.85. The van der Waals surface area contributed by atoms with Crippen LogP contribution in [0, 0.1) is 0 Å². The molecule has 16 heavy (non-hydrogen) atoms. The van der Waals surface area contributed by atoms with Crippen LogP contribution in [0.25, 0.3) is 0 Å². The molecule has 1 atom stereocenters. The van der Waals surface area contributed by atoms with Gasteiger partial charge in [0.1, 0.15) is 0 Å². The SMILES string of the molecule is O=C(NCCCO[PH](=O)O)c1ccccc1. The van der Waals surface area contributed by atoms with Crippen molar-refractivity contribution in [1.82, 2.24) is 5.32 Å². The fourth-order valence-corrected chi connectivity index (χ4v) is 1.44. The van der Waals surface area contributed by atoms with Gasteiger partial charge in [-0.3, -0.25) is 9.36 Å². The maximum atomic E-state index is 11.5. The van der Waals surface area contributed by atoms with E-state index in [1.807, 2.05) is 6.07 Å². The second kappa shape index (κ2) is 7.17. The number of carbonyl (C=O) groups excluding carboxylic acids is 1. The first-order valence-corrected chi connectivity index (χ1v) is 6.15. The molecular formula is C10H14NO4P. The monoisotopic (exact) mass is 243 g/mol. The Bertz CT molecular complexity index is 355. The first-order chi connectivity index (χ1) is 7.70. The number of carbonyl (C=O) groups is 1. The van der Waals surface area contributed by atoms with Crippen molar-refractivity contribution in [3.8, 4) is 0 Å². The van der Waals surface area contributed by atoms with Crippen LogP contribution < -0.4 is 5.32 Å². The molecule has 1 aromatic rings. The van der Waals surface area contributed by atoms with E-state index in [4.69, 9.17) is 4.89 Å². The van der Waals surface area contributed by atoms with Crippen molar-refractivity contribution in [2.24, 2.45) is 0 Å². The summed E-state index contributed by atoms with van der Waals surface area (Å²) in [5.41, 5.74) is 0.596. The van der Waals surface area contributed by atoms with Crippen molar-refractivity contribution in [2.45, 2.75) is 6.42 Å². The van der Waals surface area contributed by atoms with Gasteiger partial charge in [-0.2, -0.15) is 0 Å². The molecule has 1 rings (SSSR count). The highest BCUT2D eigenvalue weighted by molar-refractivity contribution is 7.32. The van der Waals surface area contributed by atoms with E-state index in [2.05, 4.69) is 9.84 Å². The molecule has 2 N–H and O–H groups in total. The van der Waals surface area contributed by atoms with E-state index < -0.39 is 8.25 Å². The molecule has 0 heterocycles. The van der Waals surface area contributed by atoms with Crippen LogP contribution in [0.2, 0.25) is 0 Å². The van der Waals surface area contributed by atoms with E-state index in [0.29, 0.717) is 18.5 Å². The van der Waals surface area contributed by atoms with E-state index in [9.17, 15) is 9.36 Å².